The molecule has 0 amide bonds. The smallest absolute Gasteiger partial charge is 0.107 e. The molecule has 0 aromatic carbocycles. The summed E-state index contributed by atoms with van der Waals surface area (Å²) in [5, 5.41) is 3.64. The molecule has 1 aliphatic rings. The van der Waals surface area contributed by atoms with Crippen molar-refractivity contribution in [1.82, 2.24) is 9.88 Å². The second-order valence-corrected chi connectivity index (χ2v) is 6.17. The van der Waals surface area contributed by atoms with E-state index in [2.05, 4.69) is 22.3 Å². The van der Waals surface area contributed by atoms with Crippen LogP contribution in [0.5, 0.6) is 0 Å². The third kappa shape index (κ3) is 2.96. The van der Waals surface area contributed by atoms with E-state index in [4.69, 9.17) is 11.6 Å². The van der Waals surface area contributed by atoms with E-state index in [9.17, 15) is 0 Å². The highest BCUT2D eigenvalue weighted by molar-refractivity contribution is 7.09. The molecule has 0 spiro atoms. The number of hydrogen-bond acceptors (Lipinski definition) is 3. The quantitative estimate of drug-likeness (QED) is 0.773. The summed E-state index contributed by atoms with van der Waals surface area (Å²) in [6.45, 7) is 2.98. The molecule has 1 aromatic rings. The molecule has 90 valence electrons. The van der Waals surface area contributed by atoms with Crippen LogP contribution in [0, 0.1) is 6.92 Å². The van der Waals surface area contributed by atoms with Gasteiger partial charge in [-0.1, -0.05) is 12.8 Å². The second kappa shape index (κ2) is 5.48. The van der Waals surface area contributed by atoms with Gasteiger partial charge in [-0.2, -0.15) is 0 Å². The molecule has 1 aromatic heterocycles. The third-order valence-corrected chi connectivity index (χ3v) is 4.73. The van der Waals surface area contributed by atoms with Crippen LogP contribution in [-0.4, -0.2) is 28.4 Å². The molecule has 4 heteroatoms. The first-order valence-electron chi connectivity index (χ1n) is 5.92. The van der Waals surface area contributed by atoms with Crippen molar-refractivity contribution in [3.8, 4) is 0 Å². The predicted molar refractivity (Wildman–Crippen MR) is 70.2 cm³/mol. The van der Waals surface area contributed by atoms with E-state index < -0.39 is 0 Å². The Hall–Kier alpha value is -0.120. The van der Waals surface area contributed by atoms with Gasteiger partial charge in [-0.3, -0.25) is 4.90 Å². The number of aryl methyl sites for hydroxylation is 1. The van der Waals surface area contributed by atoms with Crippen LogP contribution < -0.4 is 0 Å². The summed E-state index contributed by atoms with van der Waals surface area (Å²) in [4.78, 5) is 6.87. The molecule has 1 aliphatic carbocycles. The Morgan fingerprint density at radius 3 is 2.88 bits per heavy atom. The normalized spacial score (nSPS) is 26.2. The van der Waals surface area contributed by atoms with Gasteiger partial charge in [0.05, 0.1) is 6.54 Å². The number of aromatic nitrogens is 1. The Labute approximate surface area is 107 Å². The molecule has 2 unspecified atom stereocenters. The molecule has 16 heavy (non-hydrogen) atoms. The fourth-order valence-corrected chi connectivity index (χ4v) is 3.68. The zero-order valence-electron chi connectivity index (χ0n) is 9.95. The van der Waals surface area contributed by atoms with E-state index >= 15 is 0 Å². The van der Waals surface area contributed by atoms with E-state index in [0.29, 0.717) is 11.4 Å². The summed E-state index contributed by atoms with van der Waals surface area (Å²) in [6, 6.07) is 0.527. The Kier molecular flexibility index (Phi) is 4.22. The maximum Gasteiger partial charge on any atom is 0.107 e. The van der Waals surface area contributed by atoms with Crippen molar-refractivity contribution in [2.24, 2.45) is 0 Å². The minimum atomic E-state index is 0.319. The standard InChI is InChI=1S/C12H19ClN2S/c1-9-8-16-12(14-9)7-15(2)11-6-4-3-5-10(11)13/h8,10-11H,3-7H2,1-2H3. The number of hydrogen-bond donors (Lipinski definition) is 0. The van der Waals surface area contributed by atoms with Gasteiger partial charge in [0.2, 0.25) is 0 Å². The van der Waals surface area contributed by atoms with Crippen molar-refractivity contribution in [3.63, 3.8) is 0 Å². The molecule has 0 aliphatic heterocycles. The lowest BCUT2D eigenvalue weighted by molar-refractivity contribution is 0.188. The minimum absolute atomic E-state index is 0.319. The van der Waals surface area contributed by atoms with Crippen molar-refractivity contribution >= 4 is 22.9 Å². The number of nitrogens with zero attached hydrogens (tertiary/aromatic N) is 2. The molecule has 0 N–H and O–H groups in total. The van der Waals surface area contributed by atoms with Crippen LogP contribution in [0.2, 0.25) is 0 Å². The van der Waals surface area contributed by atoms with E-state index in [1.54, 1.807) is 11.3 Å². The van der Waals surface area contributed by atoms with Crippen LogP contribution in [0.15, 0.2) is 5.38 Å². The van der Waals surface area contributed by atoms with Crippen LogP contribution in [0.3, 0.4) is 0 Å². The van der Waals surface area contributed by atoms with E-state index in [-0.39, 0.29) is 0 Å². The third-order valence-electron chi connectivity index (χ3n) is 3.26. The fourth-order valence-electron chi connectivity index (χ4n) is 2.37. The first-order valence-corrected chi connectivity index (χ1v) is 7.24. The highest BCUT2D eigenvalue weighted by atomic mass is 35.5. The van der Waals surface area contributed by atoms with E-state index in [1.165, 1.54) is 24.3 Å². The Morgan fingerprint density at radius 1 is 1.50 bits per heavy atom. The summed E-state index contributed by atoms with van der Waals surface area (Å²) >= 11 is 8.14. The lowest BCUT2D eigenvalue weighted by atomic mass is 9.94. The number of rotatable bonds is 3. The topological polar surface area (TPSA) is 16.1 Å². The van der Waals surface area contributed by atoms with Crippen LogP contribution >= 0.6 is 22.9 Å². The van der Waals surface area contributed by atoms with Crippen LogP contribution in [0.1, 0.15) is 36.4 Å². The molecule has 2 atom stereocenters. The van der Waals surface area contributed by atoms with Gasteiger partial charge in [-0.15, -0.1) is 22.9 Å². The number of halogens is 1. The summed E-state index contributed by atoms with van der Waals surface area (Å²) in [5.74, 6) is 0. The van der Waals surface area contributed by atoms with Crippen molar-refractivity contribution in [2.75, 3.05) is 7.05 Å². The SMILES string of the molecule is Cc1csc(CN(C)C2CCCCC2Cl)n1. The van der Waals surface area contributed by atoms with Crippen molar-refractivity contribution in [1.29, 1.82) is 0 Å². The summed E-state index contributed by atoms with van der Waals surface area (Å²) in [6.07, 6.45) is 4.99. The van der Waals surface area contributed by atoms with Gasteiger partial charge in [0, 0.05) is 22.5 Å². The first-order chi connectivity index (χ1) is 7.66. The van der Waals surface area contributed by atoms with Gasteiger partial charge in [-0.25, -0.2) is 4.98 Å². The van der Waals surface area contributed by atoms with Gasteiger partial charge in [0.1, 0.15) is 5.01 Å². The lowest BCUT2D eigenvalue weighted by Crippen LogP contribution is -2.40. The number of thiazole rings is 1. The Morgan fingerprint density at radius 2 is 2.25 bits per heavy atom. The van der Waals surface area contributed by atoms with Crippen molar-refractivity contribution in [2.45, 2.75) is 50.6 Å². The van der Waals surface area contributed by atoms with Gasteiger partial charge < -0.3 is 0 Å². The van der Waals surface area contributed by atoms with Gasteiger partial charge in [-0.05, 0) is 26.8 Å². The molecule has 0 saturated heterocycles. The zero-order chi connectivity index (χ0) is 11.5. The van der Waals surface area contributed by atoms with Gasteiger partial charge >= 0.3 is 0 Å². The molecule has 0 radical (unpaired) electrons. The van der Waals surface area contributed by atoms with E-state index in [0.717, 1.165) is 18.7 Å². The summed E-state index contributed by atoms with van der Waals surface area (Å²) < 4.78 is 0. The molecule has 1 saturated carbocycles. The maximum absolute atomic E-state index is 6.39. The molecule has 1 fully saturated rings. The largest absolute Gasteiger partial charge is 0.295 e. The summed E-state index contributed by atoms with van der Waals surface area (Å²) in [5.41, 5.74) is 1.12. The number of alkyl halides is 1. The molecule has 2 nitrogen and oxygen atoms in total. The molecule has 0 bridgehead atoms. The molecule has 2 rings (SSSR count). The van der Waals surface area contributed by atoms with Crippen molar-refractivity contribution < 1.29 is 0 Å². The Bertz CT molecular complexity index is 340. The average molecular weight is 259 g/mol. The summed E-state index contributed by atoms with van der Waals surface area (Å²) in [7, 11) is 2.17. The van der Waals surface area contributed by atoms with Crippen LogP contribution in [0.4, 0.5) is 0 Å². The average Bonchev–Trinajstić information content (AvgIpc) is 2.64. The predicted octanol–water partition coefficient (Wildman–Crippen LogP) is 3.43. The van der Waals surface area contributed by atoms with Crippen LogP contribution in [0.25, 0.3) is 0 Å². The monoisotopic (exact) mass is 258 g/mol. The van der Waals surface area contributed by atoms with Gasteiger partial charge in [0.25, 0.3) is 0 Å². The van der Waals surface area contributed by atoms with Crippen LogP contribution in [-0.2, 0) is 6.54 Å². The van der Waals surface area contributed by atoms with Gasteiger partial charge in [0.15, 0.2) is 0 Å². The highest BCUT2D eigenvalue weighted by Gasteiger charge is 2.26. The molecular weight excluding hydrogens is 240 g/mol. The zero-order valence-corrected chi connectivity index (χ0v) is 11.5. The fraction of sp³-hybridized carbons (Fsp3) is 0.750. The second-order valence-electron chi connectivity index (χ2n) is 4.67. The molecular formula is C12H19ClN2S. The minimum Gasteiger partial charge on any atom is -0.295 e. The molecule has 1 heterocycles. The van der Waals surface area contributed by atoms with Crippen molar-refractivity contribution in [3.05, 3.63) is 16.1 Å². The maximum atomic E-state index is 6.39. The van der Waals surface area contributed by atoms with E-state index in [1.807, 2.05) is 6.92 Å². The Balaban J connectivity index is 1.93. The first kappa shape index (κ1) is 12.3. The highest BCUT2D eigenvalue weighted by Crippen LogP contribution is 2.27. The lowest BCUT2D eigenvalue weighted by Gasteiger charge is -2.34.